The van der Waals surface area contributed by atoms with Crippen LogP contribution in [0.25, 0.3) is 0 Å². The van der Waals surface area contributed by atoms with Crippen molar-refractivity contribution >= 4 is 11.4 Å². The van der Waals surface area contributed by atoms with Crippen molar-refractivity contribution in [3.8, 4) is 0 Å². The summed E-state index contributed by atoms with van der Waals surface area (Å²) in [5.74, 6) is 0.429. The first kappa shape index (κ1) is 17.4. The van der Waals surface area contributed by atoms with Crippen LogP contribution in [-0.2, 0) is 6.54 Å². The molecule has 25 heavy (non-hydrogen) atoms. The lowest BCUT2D eigenvalue weighted by Gasteiger charge is -2.37. The van der Waals surface area contributed by atoms with Crippen LogP contribution in [0.4, 0.5) is 11.4 Å². The van der Waals surface area contributed by atoms with E-state index in [9.17, 15) is 10.1 Å². The van der Waals surface area contributed by atoms with Gasteiger partial charge in [0.05, 0.1) is 4.92 Å². The summed E-state index contributed by atoms with van der Waals surface area (Å²) < 4.78 is 0. The average molecular weight is 339 g/mol. The molecule has 5 nitrogen and oxygen atoms in total. The summed E-state index contributed by atoms with van der Waals surface area (Å²) in [6, 6.07) is 16.1. The monoisotopic (exact) mass is 339 g/mol. The number of anilines is 1. The van der Waals surface area contributed by atoms with Crippen molar-refractivity contribution in [2.24, 2.45) is 5.92 Å². The Morgan fingerprint density at radius 2 is 2.00 bits per heavy atom. The van der Waals surface area contributed by atoms with Gasteiger partial charge in [-0.1, -0.05) is 43.3 Å². The number of nitro benzene ring substituents is 1. The second-order valence-corrected chi connectivity index (χ2v) is 7.02. The van der Waals surface area contributed by atoms with Crippen LogP contribution in [0.3, 0.4) is 0 Å². The Morgan fingerprint density at radius 3 is 2.68 bits per heavy atom. The summed E-state index contributed by atoms with van der Waals surface area (Å²) in [7, 11) is 0. The number of hydrogen-bond donors (Lipinski definition) is 1. The third-order valence-corrected chi connectivity index (χ3v) is 4.93. The fourth-order valence-electron chi connectivity index (χ4n) is 3.55. The quantitative estimate of drug-likeness (QED) is 0.654. The van der Waals surface area contributed by atoms with E-state index in [4.69, 9.17) is 0 Å². The number of nitro groups is 1. The molecule has 2 atom stereocenters. The highest BCUT2D eigenvalue weighted by atomic mass is 16.6. The lowest BCUT2D eigenvalue weighted by molar-refractivity contribution is -0.384. The first-order chi connectivity index (χ1) is 12.0. The van der Waals surface area contributed by atoms with Crippen molar-refractivity contribution in [2.45, 2.75) is 32.9 Å². The highest BCUT2D eigenvalue weighted by molar-refractivity contribution is 5.63. The van der Waals surface area contributed by atoms with E-state index in [1.165, 1.54) is 5.56 Å². The van der Waals surface area contributed by atoms with Crippen LogP contribution in [-0.4, -0.2) is 29.0 Å². The molecule has 2 unspecified atom stereocenters. The zero-order valence-corrected chi connectivity index (χ0v) is 14.8. The highest BCUT2D eigenvalue weighted by Crippen LogP contribution is 2.29. The summed E-state index contributed by atoms with van der Waals surface area (Å²) in [6.45, 7) is 7.04. The predicted octanol–water partition coefficient (Wildman–Crippen LogP) is 4.23. The van der Waals surface area contributed by atoms with Gasteiger partial charge in [0.2, 0.25) is 0 Å². The normalized spacial score (nSPS) is 21.0. The Balaban J connectivity index is 1.63. The molecule has 1 heterocycles. The number of likely N-dealkylation sites (tertiary alicyclic amines) is 1. The van der Waals surface area contributed by atoms with Crippen LogP contribution in [0.5, 0.6) is 0 Å². The van der Waals surface area contributed by atoms with Crippen LogP contribution in [0.2, 0.25) is 0 Å². The number of piperidine rings is 1. The molecule has 0 aromatic heterocycles. The molecule has 2 aromatic rings. The Labute approximate surface area is 148 Å². The van der Waals surface area contributed by atoms with Crippen LogP contribution in [0.1, 0.15) is 24.5 Å². The van der Waals surface area contributed by atoms with Gasteiger partial charge in [0, 0.05) is 31.7 Å². The Morgan fingerprint density at radius 1 is 1.24 bits per heavy atom. The van der Waals surface area contributed by atoms with Crippen LogP contribution >= 0.6 is 0 Å². The number of aryl methyl sites for hydroxylation is 1. The van der Waals surface area contributed by atoms with Crippen molar-refractivity contribution < 1.29 is 4.92 Å². The Kier molecular flexibility index (Phi) is 5.34. The molecule has 1 aliphatic heterocycles. The number of nitrogens with one attached hydrogen (secondary N) is 1. The molecule has 1 aliphatic rings. The molecule has 3 rings (SSSR count). The van der Waals surface area contributed by atoms with Gasteiger partial charge < -0.3 is 5.32 Å². The molecule has 1 N–H and O–H groups in total. The maximum atomic E-state index is 11.3. The molecule has 132 valence electrons. The average Bonchev–Trinajstić information content (AvgIpc) is 2.59. The van der Waals surface area contributed by atoms with E-state index >= 15 is 0 Å². The third kappa shape index (κ3) is 4.37. The number of benzene rings is 2. The van der Waals surface area contributed by atoms with Gasteiger partial charge in [-0.25, -0.2) is 0 Å². The summed E-state index contributed by atoms with van der Waals surface area (Å²) >= 11 is 0. The second kappa shape index (κ2) is 7.66. The van der Waals surface area contributed by atoms with E-state index in [1.54, 1.807) is 6.07 Å². The van der Waals surface area contributed by atoms with E-state index in [0.717, 1.165) is 31.6 Å². The van der Waals surface area contributed by atoms with Gasteiger partial charge in [0.1, 0.15) is 5.69 Å². The van der Waals surface area contributed by atoms with Gasteiger partial charge in [-0.05, 0) is 36.5 Å². The largest absolute Gasteiger partial charge is 0.376 e. The van der Waals surface area contributed by atoms with Crippen molar-refractivity contribution in [3.63, 3.8) is 0 Å². The van der Waals surface area contributed by atoms with Crippen molar-refractivity contribution in [3.05, 3.63) is 69.8 Å². The lowest BCUT2D eigenvalue weighted by atomic mass is 9.93. The van der Waals surface area contributed by atoms with Gasteiger partial charge in [-0.3, -0.25) is 15.0 Å². The molecule has 0 bridgehead atoms. The summed E-state index contributed by atoms with van der Waals surface area (Å²) in [5.41, 5.74) is 3.03. The molecule has 1 fully saturated rings. The molecule has 0 aliphatic carbocycles. The smallest absolute Gasteiger partial charge is 0.292 e. The number of hydrogen-bond acceptors (Lipinski definition) is 4. The standard InChI is InChI=1S/C20H25N3O2/c1-15-8-9-19(20(12-15)23(24)25)21-18-10-11-22(13-16(18)2)14-17-6-4-3-5-7-17/h3-9,12,16,18,21H,10-11,13-14H2,1-2H3. The fourth-order valence-corrected chi connectivity index (χ4v) is 3.55. The lowest BCUT2D eigenvalue weighted by Crippen LogP contribution is -2.44. The minimum absolute atomic E-state index is 0.166. The summed E-state index contributed by atoms with van der Waals surface area (Å²) in [5, 5.41) is 14.7. The van der Waals surface area contributed by atoms with Gasteiger partial charge in [0.15, 0.2) is 0 Å². The van der Waals surface area contributed by atoms with Crippen molar-refractivity contribution in [1.82, 2.24) is 4.90 Å². The van der Waals surface area contributed by atoms with E-state index in [0.29, 0.717) is 11.6 Å². The molecule has 0 spiro atoms. The van der Waals surface area contributed by atoms with Gasteiger partial charge in [0.25, 0.3) is 5.69 Å². The molecule has 0 saturated carbocycles. The molecule has 1 saturated heterocycles. The topological polar surface area (TPSA) is 58.4 Å². The van der Waals surface area contributed by atoms with Crippen molar-refractivity contribution in [2.75, 3.05) is 18.4 Å². The third-order valence-electron chi connectivity index (χ3n) is 4.93. The fraction of sp³-hybridized carbons (Fsp3) is 0.400. The molecular formula is C20H25N3O2. The SMILES string of the molecule is Cc1ccc(NC2CCN(Cc3ccccc3)CC2C)c([N+](=O)[O-])c1. The molecule has 5 heteroatoms. The minimum atomic E-state index is -0.301. The first-order valence-electron chi connectivity index (χ1n) is 8.81. The Bertz CT molecular complexity index is 733. The maximum Gasteiger partial charge on any atom is 0.292 e. The van der Waals surface area contributed by atoms with E-state index in [-0.39, 0.29) is 16.7 Å². The predicted molar refractivity (Wildman–Crippen MR) is 101 cm³/mol. The van der Waals surface area contributed by atoms with Gasteiger partial charge >= 0.3 is 0 Å². The Hall–Kier alpha value is -2.40. The van der Waals surface area contributed by atoms with Gasteiger partial charge in [-0.2, -0.15) is 0 Å². The van der Waals surface area contributed by atoms with Crippen LogP contribution in [0, 0.1) is 23.0 Å². The van der Waals surface area contributed by atoms with Crippen LogP contribution < -0.4 is 5.32 Å². The second-order valence-electron chi connectivity index (χ2n) is 7.02. The van der Waals surface area contributed by atoms with E-state index < -0.39 is 0 Å². The zero-order chi connectivity index (χ0) is 17.8. The van der Waals surface area contributed by atoms with E-state index in [2.05, 4.69) is 41.4 Å². The number of rotatable bonds is 5. The van der Waals surface area contributed by atoms with Crippen molar-refractivity contribution in [1.29, 1.82) is 0 Å². The van der Waals surface area contributed by atoms with E-state index in [1.807, 2.05) is 25.1 Å². The molecular weight excluding hydrogens is 314 g/mol. The molecule has 0 radical (unpaired) electrons. The minimum Gasteiger partial charge on any atom is -0.376 e. The summed E-state index contributed by atoms with van der Waals surface area (Å²) in [4.78, 5) is 13.5. The number of nitrogens with zero attached hydrogens (tertiary/aromatic N) is 2. The molecule has 2 aromatic carbocycles. The highest BCUT2D eigenvalue weighted by Gasteiger charge is 2.27. The molecule has 0 amide bonds. The van der Waals surface area contributed by atoms with Crippen LogP contribution in [0.15, 0.2) is 48.5 Å². The van der Waals surface area contributed by atoms with Gasteiger partial charge in [-0.15, -0.1) is 0 Å². The first-order valence-corrected chi connectivity index (χ1v) is 8.81. The zero-order valence-electron chi connectivity index (χ0n) is 14.8. The maximum absolute atomic E-state index is 11.3. The summed E-state index contributed by atoms with van der Waals surface area (Å²) in [6.07, 6.45) is 0.985.